The molecule has 2 N–H and O–H groups in total. The first kappa shape index (κ1) is 15.0. The van der Waals surface area contributed by atoms with Gasteiger partial charge in [0, 0.05) is 6.54 Å². The Morgan fingerprint density at radius 2 is 1.84 bits per heavy atom. The van der Waals surface area contributed by atoms with Gasteiger partial charge in [0.05, 0.1) is 0 Å². The van der Waals surface area contributed by atoms with Crippen LogP contribution in [0.2, 0.25) is 0 Å². The van der Waals surface area contributed by atoms with Gasteiger partial charge in [-0.2, -0.15) is 0 Å². The van der Waals surface area contributed by atoms with Gasteiger partial charge >= 0.3 is 12.0 Å². The number of amides is 2. The molecule has 1 aromatic carbocycles. The van der Waals surface area contributed by atoms with E-state index in [1.54, 1.807) is 0 Å². The van der Waals surface area contributed by atoms with Crippen LogP contribution < -0.4 is 10.6 Å². The van der Waals surface area contributed by atoms with Crippen molar-refractivity contribution in [2.45, 2.75) is 20.5 Å². The van der Waals surface area contributed by atoms with Crippen LogP contribution in [-0.2, 0) is 16.1 Å². The molecule has 0 spiro atoms. The summed E-state index contributed by atoms with van der Waals surface area (Å²) < 4.78 is 5.02. The zero-order chi connectivity index (χ0) is 14.1. The van der Waals surface area contributed by atoms with E-state index in [2.05, 4.69) is 10.6 Å². The molecule has 104 valence electrons. The highest BCUT2D eigenvalue weighted by Crippen LogP contribution is 2.00. The lowest BCUT2D eigenvalue weighted by molar-refractivity contribution is -0.143. The molecule has 1 rings (SSSR count). The monoisotopic (exact) mass is 264 g/mol. The Balaban J connectivity index is 2.16. The third kappa shape index (κ3) is 7.08. The molecular formula is C14H20N2O3. The van der Waals surface area contributed by atoms with Crippen molar-refractivity contribution < 1.29 is 14.3 Å². The topological polar surface area (TPSA) is 67.4 Å². The lowest BCUT2D eigenvalue weighted by Crippen LogP contribution is -2.40. The van der Waals surface area contributed by atoms with Crippen LogP contribution >= 0.6 is 0 Å². The number of carbonyl (C=O) groups is 2. The van der Waals surface area contributed by atoms with Crippen molar-refractivity contribution in [1.29, 1.82) is 0 Å². The quantitative estimate of drug-likeness (QED) is 0.768. The van der Waals surface area contributed by atoms with Gasteiger partial charge < -0.3 is 15.4 Å². The van der Waals surface area contributed by atoms with Gasteiger partial charge in [0.25, 0.3) is 0 Å². The van der Waals surface area contributed by atoms with E-state index >= 15 is 0 Å². The Morgan fingerprint density at radius 3 is 2.47 bits per heavy atom. The van der Waals surface area contributed by atoms with Gasteiger partial charge in [0.2, 0.25) is 0 Å². The molecule has 0 aliphatic rings. The van der Waals surface area contributed by atoms with Crippen molar-refractivity contribution >= 4 is 12.0 Å². The van der Waals surface area contributed by atoms with Gasteiger partial charge in [-0.25, -0.2) is 4.79 Å². The number of ether oxygens (including phenoxy) is 1. The molecule has 5 heteroatoms. The molecule has 0 aromatic heterocycles. The maximum Gasteiger partial charge on any atom is 0.325 e. The van der Waals surface area contributed by atoms with Gasteiger partial charge in [-0.15, -0.1) is 0 Å². The van der Waals surface area contributed by atoms with Crippen molar-refractivity contribution in [3.8, 4) is 0 Å². The minimum Gasteiger partial charge on any atom is -0.460 e. The minimum atomic E-state index is -0.455. The molecule has 19 heavy (non-hydrogen) atoms. The molecule has 0 fully saturated rings. The highest BCUT2D eigenvalue weighted by Gasteiger charge is 2.06. The van der Waals surface area contributed by atoms with Gasteiger partial charge in [-0.05, 0) is 11.5 Å². The first-order chi connectivity index (χ1) is 9.08. The number of hydrogen-bond donors (Lipinski definition) is 2. The van der Waals surface area contributed by atoms with E-state index in [1.165, 1.54) is 0 Å². The zero-order valence-corrected chi connectivity index (χ0v) is 11.3. The molecule has 0 unspecified atom stereocenters. The Labute approximate surface area is 113 Å². The van der Waals surface area contributed by atoms with Crippen LogP contribution in [0, 0.1) is 5.92 Å². The maximum atomic E-state index is 11.4. The van der Waals surface area contributed by atoms with E-state index in [0.29, 0.717) is 12.5 Å². The zero-order valence-electron chi connectivity index (χ0n) is 11.3. The fourth-order valence-corrected chi connectivity index (χ4v) is 1.30. The second-order valence-electron chi connectivity index (χ2n) is 4.60. The van der Waals surface area contributed by atoms with E-state index in [0.717, 1.165) is 5.56 Å². The summed E-state index contributed by atoms with van der Waals surface area (Å²) in [4.78, 5) is 22.7. The largest absolute Gasteiger partial charge is 0.460 e. The van der Waals surface area contributed by atoms with E-state index < -0.39 is 5.97 Å². The summed E-state index contributed by atoms with van der Waals surface area (Å²) in [5.74, 6) is -0.0840. The normalized spacial score (nSPS) is 10.1. The number of esters is 1. The van der Waals surface area contributed by atoms with Crippen LogP contribution in [0.25, 0.3) is 0 Å². The van der Waals surface area contributed by atoms with Crippen LogP contribution in [0.1, 0.15) is 19.4 Å². The van der Waals surface area contributed by atoms with Crippen LogP contribution in [0.4, 0.5) is 4.79 Å². The van der Waals surface area contributed by atoms with E-state index in [4.69, 9.17) is 4.74 Å². The molecule has 0 aliphatic heterocycles. The van der Waals surface area contributed by atoms with E-state index in [9.17, 15) is 9.59 Å². The number of hydrogen-bond acceptors (Lipinski definition) is 3. The summed E-state index contributed by atoms with van der Waals surface area (Å²) in [5.41, 5.74) is 0.917. The standard InChI is InChI=1S/C14H20N2O3/c1-11(2)8-15-14(18)16-9-13(17)19-10-12-6-4-3-5-7-12/h3-7,11H,8-10H2,1-2H3,(H2,15,16,18). The third-order valence-electron chi connectivity index (χ3n) is 2.31. The van der Waals surface area contributed by atoms with E-state index in [1.807, 2.05) is 44.2 Å². The predicted molar refractivity (Wildman–Crippen MR) is 72.5 cm³/mol. The Morgan fingerprint density at radius 1 is 1.16 bits per heavy atom. The van der Waals surface area contributed by atoms with Crippen molar-refractivity contribution in [1.82, 2.24) is 10.6 Å². The van der Waals surface area contributed by atoms with Gasteiger partial charge in [0.15, 0.2) is 0 Å². The summed E-state index contributed by atoms with van der Waals surface area (Å²) in [6, 6.07) is 9.03. The first-order valence-electron chi connectivity index (χ1n) is 6.29. The van der Waals surface area contributed by atoms with Gasteiger partial charge in [-0.3, -0.25) is 4.79 Å². The Kier molecular flexibility index (Phi) is 6.43. The summed E-state index contributed by atoms with van der Waals surface area (Å²) in [6.07, 6.45) is 0. The lowest BCUT2D eigenvalue weighted by atomic mass is 10.2. The summed E-state index contributed by atoms with van der Waals surface area (Å²) in [5, 5.41) is 5.10. The Hall–Kier alpha value is -2.04. The van der Waals surface area contributed by atoms with Crippen LogP contribution in [0.15, 0.2) is 30.3 Å². The van der Waals surface area contributed by atoms with Crippen LogP contribution in [0.5, 0.6) is 0 Å². The van der Waals surface area contributed by atoms with Crippen molar-refractivity contribution in [2.75, 3.05) is 13.1 Å². The molecule has 0 atom stereocenters. The maximum absolute atomic E-state index is 11.4. The summed E-state index contributed by atoms with van der Waals surface area (Å²) >= 11 is 0. The van der Waals surface area contributed by atoms with Crippen molar-refractivity contribution in [3.63, 3.8) is 0 Å². The van der Waals surface area contributed by atoms with Gasteiger partial charge in [0.1, 0.15) is 13.2 Å². The highest BCUT2D eigenvalue weighted by molar-refractivity contribution is 5.80. The summed E-state index contributed by atoms with van der Waals surface area (Å²) in [7, 11) is 0. The molecule has 0 aliphatic carbocycles. The molecule has 0 saturated heterocycles. The summed E-state index contributed by atoms with van der Waals surface area (Å²) in [6.45, 7) is 4.65. The molecule has 0 radical (unpaired) electrons. The average molecular weight is 264 g/mol. The first-order valence-corrected chi connectivity index (χ1v) is 6.29. The molecule has 0 heterocycles. The third-order valence-corrected chi connectivity index (χ3v) is 2.31. The Bertz CT molecular complexity index is 404. The predicted octanol–water partition coefficient (Wildman–Crippen LogP) is 1.68. The molecule has 5 nitrogen and oxygen atoms in total. The minimum absolute atomic E-state index is 0.128. The smallest absolute Gasteiger partial charge is 0.325 e. The van der Waals surface area contributed by atoms with Gasteiger partial charge in [-0.1, -0.05) is 44.2 Å². The average Bonchev–Trinajstić information content (AvgIpc) is 2.41. The fourth-order valence-electron chi connectivity index (χ4n) is 1.30. The fraction of sp³-hybridized carbons (Fsp3) is 0.429. The number of carbonyl (C=O) groups excluding carboxylic acids is 2. The van der Waals surface area contributed by atoms with Crippen molar-refractivity contribution in [3.05, 3.63) is 35.9 Å². The lowest BCUT2D eigenvalue weighted by Gasteiger charge is -2.09. The number of rotatable bonds is 6. The second-order valence-corrected chi connectivity index (χ2v) is 4.60. The van der Waals surface area contributed by atoms with Crippen molar-refractivity contribution in [2.24, 2.45) is 5.92 Å². The SMILES string of the molecule is CC(C)CNC(=O)NCC(=O)OCc1ccccc1. The van der Waals surface area contributed by atoms with Crippen LogP contribution in [-0.4, -0.2) is 25.1 Å². The molecule has 1 aromatic rings. The number of nitrogens with one attached hydrogen (secondary N) is 2. The number of benzene rings is 1. The molecular weight excluding hydrogens is 244 g/mol. The molecule has 0 bridgehead atoms. The van der Waals surface area contributed by atoms with Crippen LogP contribution in [0.3, 0.4) is 0 Å². The highest BCUT2D eigenvalue weighted by atomic mass is 16.5. The molecule has 0 saturated carbocycles. The molecule has 2 amide bonds. The number of urea groups is 1. The second kappa shape index (κ2) is 8.13. The van der Waals surface area contributed by atoms with E-state index in [-0.39, 0.29) is 19.2 Å².